The number of nitrogens with one attached hydrogen (secondary N) is 2. The predicted molar refractivity (Wildman–Crippen MR) is 80.7 cm³/mol. The summed E-state index contributed by atoms with van der Waals surface area (Å²) in [5, 5.41) is 14.4. The van der Waals surface area contributed by atoms with Gasteiger partial charge in [0.2, 0.25) is 0 Å². The molecule has 0 aliphatic carbocycles. The van der Waals surface area contributed by atoms with Crippen LogP contribution >= 0.6 is 11.6 Å². The molecule has 0 aromatic heterocycles. The molecule has 1 unspecified atom stereocenters. The van der Waals surface area contributed by atoms with Gasteiger partial charge >= 0.3 is 0 Å². The molecule has 7 heteroatoms. The van der Waals surface area contributed by atoms with Crippen molar-refractivity contribution in [2.45, 2.75) is 18.9 Å². The fraction of sp³-hybridized carbons (Fsp3) is 0.333. The maximum Gasteiger partial charge on any atom is 0.263 e. The number of hydrogen-bond donors (Lipinski definition) is 2. The SMILES string of the molecule is N#C/C(=C/Nc1ccc(F)c(Cl)c1)C(=O)NCC1CCCO1. The highest BCUT2D eigenvalue weighted by atomic mass is 35.5. The number of benzene rings is 1. The number of anilines is 1. The van der Waals surface area contributed by atoms with Gasteiger partial charge in [-0.1, -0.05) is 11.6 Å². The minimum atomic E-state index is -0.536. The monoisotopic (exact) mass is 323 g/mol. The second kappa shape index (κ2) is 7.78. The number of amides is 1. The van der Waals surface area contributed by atoms with Gasteiger partial charge in [-0.05, 0) is 31.0 Å². The lowest BCUT2D eigenvalue weighted by molar-refractivity contribution is -0.117. The number of carbonyl (C=O) groups excluding carboxylic acids is 1. The van der Waals surface area contributed by atoms with Crippen LogP contribution in [0.15, 0.2) is 30.0 Å². The van der Waals surface area contributed by atoms with E-state index in [1.54, 1.807) is 0 Å². The number of carbonyl (C=O) groups is 1. The minimum absolute atomic E-state index is 0.00718. The second-order valence-electron chi connectivity index (χ2n) is 4.79. The Bertz CT molecular complexity index is 622. The maximum absolute atomic E-state index is 13.0. The van der Waals surface area contributed by atoms with Gasteiger partial charge in [-0.15, -0.1) is 0 Å². The van der Waals surface area contributed by atoms with Gasteiger partial charge in [0.05, 0.1) is 11.1 Å². The zero-order valence-corrected chi connectivity index (χ0v) is 12.5. The lowest BCUT2D eigenvalue weighted by Gasteiger charge is -2.10. The first-order valence-corrected chi connectivity index (χ1v) is 7.19. The molecule has 1 fully saturated rings. The minimum Gasteiger partial charge on any atom is -0.376 e. The summed E-state index contributed by atoms with van der Waals surface area (Å²) in [6, 6.07) is 5.83. The maximum atomic E-state index is 13.0. The molecule has 1 aliphatic rings. The summed E-state index contributed by atoms with van der Waals surface area (Å²) in [5.41, 5.74) is 0.393. The average Bonchev–Trinajstić information content (AvgIpc) is 3.02. The number of nitriles is 1. The van der Waals surface area contributed by atoms with Crippen molar-refractivity contribution in [2.75, 3.05) is 18.5 Å². The molecule has 1 aromatic rings. The summed E-state index contributed by atoms with van der Waals surface area (Å²) >= 11 is 5.65. The average molecular weight is 324 g/mol. The molecule has 2 rings (SSSR count). The summed E-state index contributed by atoms with van der Waals surface area (Å²) in [4.78, 5) is 11.9. The van der Waals surface area contributed by atoms with E-state index >= 15 is 0 Å². The molecular formula is C15H15ClFN3O2. The summed E-state index contributed by atoms with van der Waals surface area (Å²) in [5.74, 6) is -1.02. The standard InChI is InChI=1S/C15H15ClFN3O2/c16-13-6-11(3-4-14(13)17)19-8-10(7-18)15(21)20-9-12-2-1-5-22-12/h3-4,6,8,12,19H,1-2,5,9H2,(H,20,21)/b10-8-. The van der Waals surface area contributed by atoms with Crippen LogP contribution in [0, 0.1) is 17.1 Å². The van der Waals surface area contributed by atoms with Gasteiger partial charge in [0.25, 0.3) is 5.91 Å². The third-order valence-corrected chi connectivity index (χ3v) is 3.47. The predicted octanol–water partition coefficient (Wildman–Crippen LogP) is 2.59. The molecule has 116 valence electrons. The lowest BCUT2D eigenvalue weighted by atomic mass is 10.2. The molecular weight excluding hydrogens is 309 g/mol. The van der Waals surface area contributed by atoms with Gasteiger partial charge in [0, 0.05) is 25.0 Å². The Balaban J connectivity index is 1.92. The summed E-state index contributed by atoms with van der Waals surface area (Å²) < 4.78 is 18.4. The molecule has 0 saturated carbocycles. The molecule has 1 aromatic carbocycles. The molecule has 0 radical (unpaired) electrons. The Kier molecular flexibility index (Phi) is 5.75. The first-order valence-electron chi connectivity index (χ1n) is 6.82. The van der Waals surface area contributed by atoms with Crippen molar-refractivity contribution < 1.29 is 13.9 Å². The summed E-state index contributed by atoms with van der Waals surface area (Å²) in [6.07, 6.45) is 3.15. The molecule has 1 saturated heterocycles. The molecule has 0 spiro atoms. The highest BCUT2D eigenvalue weighted by molar-refractivity contribution is 6.31. The van der Waals surface area contributed by atoms with Gasteiger partial charge in [-0.2, -0.15) is 5.26 Å². The summed E-state index contributed by atoms with van der Waals surface area (Å²) in [6.45, 7) is 1.08. The van der Waals surface area contributed by atoms with Crippen molar-refractivity contribution in [3.8, 4) is 6.07 Å². The Labute approximate surface area is 132 Å². The van der Waals surface area contributed by atoms with Gasteiger partial charge in [0.15, 0.2) is 0 Å². The largest absolute Gasteiger partial charge is 0.376 e. The summed E-state index contributed by atoms with van der Waals surface area (Å²) in [7, 11) is 0. The van der Waals surface area contributed by atoms with Crippen LogP contribution in [0.2, 0.25) is 5.02 Å². The first-order chi connectivity index (χ1) is 10.6. The van der Waals surface area contributed by atoms with Crippen LogP contribution in [-0.4, -0.2) is 25.2 Å². The molecule has 1 aliphatic heterocycles. The van der Waals surface area contributed by atoms with E-state index in [-0.39, 0.29) is 16.7 Å². The van der Waals surface area contributed by atoms with Crippen LogP contribution in [0.3, 0.4) is 0 Å². The highest BCUT2D eigenvalue weighted by Crippen LogP contribution is 2.19. The van der Waals surface area contributed by atoms with Crippen LogP contribution in [0.5, 0.6) is 0 Å². The third-order valence-electron chi connectivity index (χ3n) is 3.18. The molecule has 1 amide bonds. The third kappa shape index (κ3) is 4.45. The van der Waals surface area contributed by atoms with Crippen molar-refractivity contribution in [1.82, 2.24) is 5.32 Å². The normalized spacial score (nSPS) is 17.9. The van der Waals surface area contributed by atoms with Gasteiger partial charge < -0.3 is 15.4 Å². The van der Waals surface area contributed by atoms with E-state index in [0.29, 0.717) is 18.8 Å². The Morgan fingerprint density at radius 1 is 1.59 bits per heavy atom. The van der Waals surface area contributed by atoms with E-state index in [1.165, 1.54) is 24.4 Å². The first kappa shape index (κ1) is 16.3. The van der Waals surface area contributed by atoms with Crippen molar-refractivity contribution in [3.05, 3.63) is 40.8 Å². The number of ether oxygens (including phenoxy) is 1. The molecule has 0 bridgehead atoms. The fourth-order valence-corrected chi connectivity index (χ4v) is 2.18. The number of halogens is 2. The van der Waals surface area contributed by atoms with Gasteiger partial charge in [-0.25, -0.2) is 4.39 Å². The topological polar surface area (TPSA) is 74.2 Å². The van der Waals surface area contributed by atoms with Gasteiger partial charge in [-0.3, -0.25) is 4.79 Å². The van der Waals surface area contributed by atoms with E-state index in [0.717, 1.165) is 12.8 Å². The van der Waals surface area contributed by atoms with E-state index < -0.39 is 11.7 Å². The highest BCUT2D eigenvalue weighted by Gasteiger charge is 2.17. The molecule has 1 atom stereocenters. The Morgan fingerprint density at radius 3 is 3.05 bits per heavy atom. The van der Waals surface area contributed by atoms with E-state index in [1.807, 2.05) is 6.07 Å². The van der Waals surface area contributed by atoms with Crippen LogP contribution in [0.25, 0.3) is 0 Å². The molecule has 22 heavy (non-hydrogen) atoms. The van der Waals surface area contributed by atoms with E-state index in [4.69, 9.17) is 21.6 Å². The fourth-order valence-electron chi connectivity index (χ4n) is 2.00. The molecule has 2 N–H and O–H groups in total. The van der Waals surface area contributed by atoms with Crippen LogP contribution in [-0.2, 0) is 9.53 Å². The molecule has 1 heterocycles. The quantitative estimate of drug-likeness (QED) is 0.645. The van der Waals surface area contributed by atoms with Crippen molar-refractivity contribution in [3.63, 3.8) is 0 Å². The number of nitrogens with zero attached hydrogens (tertiary/aromatic N) is 1. The smallest absolute Gasteiger partial charge is 0.263 e. The molecule has 5 nitrogen and oxygen atoms in total. The van der Waals surface area contributed by atoms with E-state index in [9.17, 15) is 9.18 Å². The lowest BCUT2D eigenvalue weighted by Crippen LogP contribution is -2.32. The van der Waals surface area contributed by atoms with Crippen LogP contribution in [0.4, 0.5) is 10.1 Å². The van der Waals surface area contributed by atoms with Crippen molar-refractivity contribution >= 4 is 23.2 Å². The number of hydrogen-bond acceptors (Lipinski definition) is 4. The zero-order valence-electron chi connectivity index (χ0n) is 11.7. The van der Waals surface area contributed by atoms with E-state index in [2.05, 4.69) is 10.6 Å². The van der Waals surface area contributed by atoms with Crippen molar-refractivity contribution in [1.29, 1.82) is 5.26 Å². The second-order valence-corrected chi connectivity index (χ2v) is 5.20. The van der Waals surface area contributed by atoms with Crippen LogP contribution < -0.4 is 10.6 Å². The van der Waals surface area contributed by atoms with Crippen LogP contribution in [0.1, 0.15) is 12.8 Å². The Morgan fingerprint density at radius 2 is 2.41 bits per heavy atom. The zero-order chi connectivity index (χ0) is 15.9. The number of rotatable bonds is 5. The van der Waals surface area contributed by atoms with Crippen molar-refractivity contribution in [2.24, 2.45) is 0 Å². The van der Waals surface area contributed by atoms with Gasteiger partial charge in [0.1, 0.15) is 17.5 Å². The Hall–Kier alpha value is -2.10.